The zero-order chi connectivity index (χ0) is 35.2. The number of nitrogens with two attached hydrogens (primary N) is 1. The van der Waals surface area contributed by atoms with Crippen molar-refractivity contribution >= 4 is 41.2 Å². The molecule has 6 amide bonds. The van der Waals surface area contributed by atoms with Crippen LogP contribution in [0, 0.1) is 11.8 Å². The van der Waals surface area contributed by atoms with Crippen molar-refractivity contribution in [1.82, 2.24) is 36.6 Å². The van der Waals surface area contributed by atoms with Gasteiger partial charge in [0.15, 0.2) is 5.78 Å². The summed E-state index contributed by atoms with van der Waals surface area (Å²) in [6.07, 6.45) is 14.5. The minimum atomic E-state index is -1.09. The van der Waals surface area contributed by atoms with E-state index in [-0.39, 0.29) is 55.5 Å². The Hall–Kier alpha value is -4.69. The van der Waals surface area contributed by atoms with E-state index < -0.39 is 59.6 Å². The molecular weight excluding hydrogens is 632 g/mol. The molecule has 0 radical (unpaired) electrons. The van der Waals surface area contributed by atoms with E-state index in [9.17, 15) is 33.6 Å². The maximum Gasteiger partial charge on any atom is 0.271 e. The maximum absolute atomic E-state index is 13.9. The fraction of sp³-hybridized carbons (Fsp3) is 0.618. The molecule has 3 aliphatic rings. The van der Waals surface area contributed by atoms with Gasteiger partial charge in [-0.2, -0.15) is 0 Å². The van der Waals surface area contributed by atoms with Crippen LogP contribution < -0.4 is 32.3 Å². The van der Waals surface area contributed by atoms with Crippen molar-refractivity contribution in [2.75, 3.05) is 6.54 Å². The van der Waals surface area contributed by atoms with Gasteiger partial charge in [-0.15, -0.1) is 0 Å². The van der Waals surface area contributed by atoms with Crippen LogP contribution in [0.4, 0.5) is 0 Å². The second-order valence-electron chi connectivity index (χ2n) is 13.2. The van der Waals surface area contributed by atoms with Crippen LogP contribution in [0.1, 0.15) is 100 Å². The number of carbonyl (C=O) groups excluding carboxylic acids is 7. The Morgan fingerprint density at radius 1 is 0.755 bits per heavy atom. The van der Waals surface area contributed by atoms with Crippen molar-refractivity contribution < 1.29 is 33.6 Å². The predicted molar refractivity (Wildman–Crippen MR) is 177 cm³/mol. The molecular formula is C34H48N8O7. The first-order chi connectivity index (χ1) is 23.6. The molecule has 0 saturated heterocycles. The third-order valence-corrected chi connectivity index (χ3v) is 9.24. The fourth-order valence-electron chi connectivity index (χ4n) is 6.31. The number of aromatic nitrogens is 2. The highest BCUT2D eigenvalue weighted by atomic mass is 16.2. The first kappa shape index (κ1) is 37.1. The molecule has 2 heterocycles. The van der Waals surface area contributed by atoms with E-state index >= 15 is 0 Å². The minimum Gasteiger partial charge on any atom is -0.368 e. The normalized spacial score (nSPS) is 25.2. The van der Waals surface area contributed by atoms with E-state index in [0.717, 1.165) is 57.1 Å². The molecule has 4 unspecified atom stereocenters. The summed E-state index contributed by atoms with van der Waals surface area (Å²) in [6, 6.07) is -3.93. The molecule has 4 rings (SSSR count). The molecule has 15 heteroatoms. The molecule has 2 fully saturated rings. The van der Waals surface area contributed by atoms with Crippen LogP contribution in [-0.4, -0.2) is 81.9 Å². The van der Waals surface area contributed by atoms with Gasteiger partial charge in [0, 0.05) is 37.5 Å². The fourth-order valence-corrected chi connectivity index (χ4v) is 6.31. The van der Waals surface area contributed by atoms with Gasteiger partial charge in [-0.1, -0.05) is 44.9 Å². The van der Waals surface area contributed by atoms with Gasteiger partial charge in [0.05, 0.1) is 12.2 Å². The topological polar surface area (TPSA) is 231 Å². The molecule has 1 aromatic rings. The number of hydrogen-bond donors (Lipinski definition) is 6. The summed E-state index contributed by atoms with van der Waals surface area (Å²) >= 11 is 0. The monoisotopic (exact) mass is 680 g/mol. The molecule has 49 heavy (non-hydrogen) atoms. The summed E-state index contributed by atoms with van der Waals surface area (Å²) in [4.78, 5) is 98.8. The van der Waals surface area contributed by atoms with Gasteiger partial charge in [-0.25, -0.2) is 4.98 Å². The highest BCUT2D eigenvalue weighted by molar-refractivity contribution is 6.00. The summed E-state index contributed by atoms with van der Waals surface area (Å²) < 4.78 is 0. The van der Waals surface area contributed by atoms with Crippen LogP contribution in [-0.2, 0) is 28.8 Å². The van der Waals surface area contributed by atoms with Gasteiger partial charge in [0.1, 0.15) is 23.8 Å². The number of Topliss-reactive ketones (excluding diaryl/α,β-unsaturated/α-hetero) is 1. The predicted octanol–water partition coefficient (Wildman–Crippen LogP) is 0.491. The molecule has 0 spiro atoms. The zero-order valence-electron chi connectivity index (χ0n) is 27.8. The number of primary amides is 1. The summed E-state index contributed by atoms with van der Waals surface area (Å²) in [5, 5.41) is 13.6. The number of rotatable bonds is 10. The molecule has 1 aromatic heterocycles. The van der Waals surface area contributed by atoms with E-state index in [0.29, 0.717) is 19.3 Å². The number of hydrogen-bond acceptors (Lipinski definition) is 9. The molecule has 4 atom stereocenters. The summed E-state index contributed by atoms with van der Waals surface area (Å²) in [5.74, 6) is -3.48. The van der Waals surface area contributed by atoms with Gasteiger partial charge in [0.25, 0.3) is 5.91 Å². The Morgan fingerprint density at radius 2 is 1.39 bits per heavy atom. The lowest BCUT2D eigenvalue weighted by molar-refractivity contribution is -0.133. The highest BCUT2D eigenvalue weighted by Gasteiger charge is 2.34. The summed E-state index contributed by atoms with van der Waals surface area (Å²) in [5.41, 5.74) is 5.64. The minimum absolute atomic E-state index is 0.0298. The van der Waals surface area contributed by atoms with E-state index in [2.05, 4.69) is 36.6 Å². The standard InChI is InChI=1S/C34H48N8O7/c35-31(46)24-8-4-10-28(43)23(9-5-15-38-32(47)27-20-36-16-17-37-27)41-34(49)26(18-21-6-2-1-3-7-21)42-33(48)25(19-22-11-12-22)40-30(45)14-13-29(44)39-24/h13-14,16-17,20-26H,1-12,15,18-19H2,(H2,35,46)(H,38,47)(H,39,44)(H,40,45)(H,41,49)(H,42,48). The first-order valence-electron chi connectivity index (χ1n) is 17.3. The lowest BCUT2D eigenvalue weighted by Crippen LogP contribution is -2.56. The number of amides is 6. The SMILES string of the molecule is NC(=O)C1CCCC(=O)C(CCCNC(=O)c2cnccn2)NC(=O)C(CC2CCCCC2)NC(=O)C(CC2CC2)NC(=O)C=CC(=O)N1. The maximum atomic E-state index is 13.9. The van der Waals surface area contributed by atoms with Crippen LogP contribution in [0.15, 0.2) is 30.7 Å². The number of nitrogens with zero attached hydrogens (tertiary/aromatic N) is 2. The second kappa shape index (κ2) is 18.7. The quantitative estimate of drug-likeness (QED) is 0.189. The number of ketones is 1. The summed E-state index contributed by atoms with van der Waals surface area (Å²) in [6.45, 7) is 0.198. The van der Waals surface area contributed by atoms with Crippen molar-refractivity contribution in [2.45, 2.75) is 114 Å². The van der Waals surface area contributed by atoms with Gasteiger partial charge in [-0.3, -0.25) is 38.5 Å². The number of carbonyl (C=O) groups is 7. The van der Waals surface area contributed by atoms with Crippen molar-refractivity contribution in [2.24, 2.45) is 17.6 Å². The highest BCUT2D eigenvalue weighted by Crippen LogP contribution is 2.34. The molecule has 266 valence electrons. The third-order valence-electron chi connectivity index (χ3n) is 9.24. The average molecular weight is 681 g/mol. The van der Waals surface area contributed by atoms with Crippen LogP contribution in [0.3, 0.4) is 0 Å². The Morgan fingerprint density at radius 3 is 2.02 bits per heavy atom. The Labute approximate surface area is 285 Å². The molecule has 2 aliphatic carbocycles. The molecule has 2 saturated carbocycles. The second-order valence-corrected chi connectivity index (χ2v) is 13.2. The molecule has 15 nitrogen and oxygen atoms in total. The number of nitrogens with one attached hydrogen (secondary N) is 5. The van der Waals surface area contributed by atoms with Gasteiger partial charge in [-0.05, 0) is 50.4 Å². The lowest BCUT2D eigenvalue weighted by atomic mass is 9.84. The smallest absolute Gasteiger partial charge is 0.271 e. The van der Waals surface area contributed by atoms with E-state index in [1.807, 2.05) is 0 Å². The van der Waals surface area contributed by atoms with Crippen molar-refractivity contribution in [1.29, 1.82) is 0 Å². The Bertz CT molecular complexity index is 1380. The van der Waals surface area contributed by atoms with Gasteiger partial charge < -0.3 is 32.3 Å². The van der Waals surface area contributed by atoms with E-state index in [1.54, 1.807) is 0 Å². The van der Waals surface area contributed by atoms with Gasteiger partial charge >= 0.3 is 0 Å². The van der Waals surface area contributed by atoms with E-state index in [4.69, 9.17) is 5.73 Å². The van der Waals surface area contributed by atoms with Crippen molar-refractivity contribution in [3.63, 3.8) is 0 Å². The lowest BCUT2D eigenvalue weighted by Gasteiger charge is -2.29. The van der Waals surface area contributed by atoms with Crippen LogP contribution in [0.2, 0.25) is 0 Å². The zero-order valence-corrected chi connectivity index (χ0v) is 27.8. The molecule has 0 aromatic carbocycles. The molecule has 7 N–H and O–H groups in total. The van der Waals surface area contributed by atoms with Crippen molar-refractivity contribution in [3.05, 3.63) is 36.4 Å². The third kappa shape index (κ3) is 12.7. The first-order valence-corrected chi connectivity index (χ1v) is 17.3. The Kier molecular flexibility index (Phi) is 14.2. The van der Waals surface area contributed by atoms with Gasteiger partial charge in [0.2, 0.25) is 29.5 Å². The molecule has 1 aliphatic heterocycles. The summed E-state index contributed by atoms with van der Waals surface area (Å²) in [7, 11) is 0. The van der Waals surface area contributed by atoms with Crippen LogP contribution in [0.25, 0.3) is 0 Å². The van der Waals surface area contributed by atoms with E-state index in [1.165, 1.54) is 18.6 Å². The molecule has 0 bridgehead atoms. The van der Waals surface area contributed by atoms with Crippen molar-refractivity contribution in [3.8, 4) is 0 Å². The van der Waals surface area contributed by atoms with Crippen LogP contribution in [0.5, 0.6) is 0 Å². The van der Waals surface area contributed by atoms with Crippen LogP contribution >= 0.6 is 0 Å². The largest absolute Gasteiger partial charge is 0.368 e. The Balaban J connectivity index is 1.53. The average Bonchev–Trinajstić information content (AvgIpc) is 3.92.